The van der Waals surface area contributed by atoms with E-state index in [-0.39, 0.29) is 12.3 Å². The number of nitrogens with two attached hydrogens (primary N) is 1. The molecule has 0 aliphatic carbocycles. The Kier molecular flexibility index (Phi) is 6.98. The van der Waals surface area contributed by atoms with Crippen LogP contribution in [0.3, 0.4) is 0 Å². The molecule has 0 fully saturated rings. The lowest BCUT2D eigenvalue weighted by Crippen LogP contribution is -2.16. The maximum absolute atomic E-state index is 12.7. The number of primary amides is 1. The SMILES string of the molecule is Cc1ccc(-c2nn(Cc3ccccc3)cc2C=CC(=O)Nc2ccccc2CC(N)=O)cc1. The molecule has 1 aromatic heterocycles. The highest BCUT2D eigenvalue weighted by Crippen LogP contribution is 2.24. The van der Waals surface area contributed by atoms with E-state index in [4.69, 9.17) is 10.8 Å². The van der Waals surface area contributed by atoms with E-state index in [9.17, 15) is 9.59 Å². The van der Waals surface area contributed by atoms with Crippen molar-refractivity contribution in [2.45, 2.75) is 19.9 Å². The third kappa shape index (κ3) is 5.86. The summed E-state index contributed by atoms with van der Waals surface area (Å²) in [4.78, 5) is 24.0. The van der Waals surface area contributed by atoms with E-state index >= 15 is 0 Å². The average Bonchev–Trinajstić information content (AvgIpc) is 3.22. The van der Waals surface area contributed by atoms with Gasteiger partial charge in [-0.2, -0.15) is 5.10 Å². The lowest BCUT2D eigenvalue weighted by Gasteiger charge is -2.08. The Morgan fingerprint density at radius 2 is 1.68 bits per heavy atom. The number of rotatable bonds is 8. The monoisotopic (exact) mass is 450 g/mol. The minimum Gasteiger partial charge on any atom is -0.369 e. The first kappa shape index (κ1) is 22.7. The van der Waals surface area contributed by atoms with Crippen LogP contribution in [0.5, 0.6) is 0 Å². The number of hydrogen-bond donors (Lipinski definition) is 2. The second-order valence-corrected chi connectivity index (χ2v) is 8.11. The van der Waals surface area contributed by atoms with E-state index < -0.39 is 5.91 Å². The van der Waals surface area contributed by atoms with Crippen molar-refractivity contribution >= 4 is 23.6 Å². The fourth-order valence-corrected chi connectivity index (χ4v) is 3.67. The Morgan fingerprint density at radius 3 is 2.41 bits per heavy atom. The zero-order valence-electron chi connectivity index (χ0n) is 18.9. The van der Waals surface area contributed by atoms with Crippen LogP contribution >= 0.6 is 0 Å². The Bertz CT molecular complexity index is 1320. The van der Waals surface area contributed by atoms with Crippen LogP contribution in [-0.4, -0.2) is 21.6 Å². The Morgan fingerprint density at radius 1 is 0.971 bits per heavy atom. The van der Waals surface area contributed by atoms with Gasteiger partial charge in [-0.05, 0) is 30.2 Å². The van der Waals surface area contributed by atoms with Crippen molar-refractivity contribution in [3.8, 4) is 11.3 Å². The van der Waals surface area contributed by atoms with Gasteiger partial charge >= 0.3 is 0 Å². The highest BCUT2D eigenvalue weighted by Gasteiger charge is 2.11. The van der Waals surface area contributed by atoms with Crippen LogP contribution < -0.4 is 11.1 Å². The van der Waals surface area contributed by atoms with E-state index in [1.54, 1.807) is 30.3 Å². The first-order valence-corrected chi connectivity index (χ1v) is 11.0. The molecule has 0 radical (unpaired) electrons. The molecule has 170 valence electrons. The molecular formula is C28H26N4O2. The average molecular weight is 451 g/mol. The van der Waals surface area contributed by atoms with Gasteiger partial charge in [0.2, 0.25) is 11.8 Å². The maximum atomic E-state index is 12.7. The van der Waals surface area contributed by atoms with Crippen molar-refractivity contribution in [3.05, 3.63) is 113 Å². The number of anilines is 1. The largest absolute Gasteiger partial charge is 0.369 e. The lowest BCUT2D eigenvalue weighted by molar-refractivity contribution is -0.117. The molecule has 0 saturated carbocycles. The number of benzene rings is 3. The molecule has 0 spiro atoms. The zero-order valence-corrected chi connectivity index (χ0v) is 18.9. The van der Waals surface area contributed by atoms with E-state index in [0.717, 1.165) is 22.4 Å². The summed E-state index contributed by atoms with van der Waals surface area (Å²) in [7, 11) is 0. The molecule has 3 aromatic carbocycles. The van der Waals surface area contributed by atoms with Crippen molar-refractivity contribution in [3.63, 3.8) is 0 Å². The van der Waals surface area contributed by atoms with Gasteiger partial charge in [0.25, 0.3) is 0 Å². The van der Waals surface area contributed by atoms with Crippen LogP contribution in [-0.2, 0) is 22.6 Å². The lowest BCUT2D eigenvalue weighted by atomic mass is 10.1. The summed E-state index contributed by atoms with van der Waals surface area (Å²) in [6.45, 7) is 2.67. The second-order valence-electron chi connectivity index (χ2n) is 8.11. The minimum atomic E-state index is -0.453. The van der Waals surface area contributed by atoms with Gasteiger partial charge in [-0.3, -0.25) is 14.3 Å². The fraction of sp³-hybridized carbons (Fsp3) is 0.107. The van der Waals surface area contributed by atoms with Crippen molar-refractivity contribution in [2.75, 3.05) is 5.32 Å². The number of amides is 2. The predicted molar refractivity (Wildman–Crippen MR) is 135 cm³/mol. The standard InChI is InChI=1S/C28H26N4O2/c1-20-11-13-22(14-12-20)28-24(19-32(31-28)18-21-7-3-2-4-8-21)15-16-27(34)30-25-10-6-5-9-23(25)17-26(29)33/h2-16,19H,17-18H2,1H3,(H2,29,33)(H,30,34). The summed E-state index contributed by atoms with van der Waals surface area (Å²) >= 11 is 0. The third-order valence-corrected chi connectivity index (χ3v) is 5.36. The number of aryl methyl sites for hydroxylation is 1. The Hall–Kier alpha value is -4.45. The minimum absolute atomic E-state index is 0.0595. The van der Waals surface area contributed by atoms with E-state index in [1.165, 1.54) is 11.6 Å². The van der Waals surface area contributed by atoms with Crippen molar-refractivity contribution < 1.29 is 9.59 Å². The van der Waals surface area contributed by atoms with E-state index in [0.29, 0.717) is 17.8 Å². The zero-order chi connectivity index (χ0) is 23.9. The van der Waals surface area contributed by atoms with Gasteiger partial charge in [-0.15, -0.1) is 0 Å². The molecule has 2 amide bonds. The summed E-state index contributed by atoms with van der Waals surface area (Å²) in [5, 5.41) is 7.64. The maximum Gasteiger partial charge on any atom is 0.248 e. The van der Waals surface area contributed by atoms with Gasteiger partial charge in [-0.25, -0.2) is 0 Å². The normalized spacial score (nSPS) is 11.0. The first-order chi connectivity index (χ1) is 16.5. The highest BCUT2D eigenvalue weighted by molar-refractivity contribution is 6.03. The summed E-state index contributed by atoms with van der Waals surface area (Å²) in [6.07, 6.45) is 5.23. The van der Waals surface area contributed by atoms with Crippen molar-refractivity contribution in [1.29, 1.82) is 0 Å². The smallest absolute Gasteiger partial charge is 0.248 e. The molecule has 6 nitrogen and oxygen atoms in total. The quantitative estimate of drug-likeness (QED) is 0.385. The molecule has 0 saturated heterocycles. The molecule has 0 aliphatic heterocycles. The number of carbonyl (C=O) groups is 2. The van der Waals surface area contributed by atoms with Gasteiger partial charge < -0.3 is 11.1 Å². The van der Waals surface area contributed by atoms with Crippen molar-refractivity contribution in [1.82, 2.24) is 9.78 Å². The second kappa shape index (κ2) is 10.4. The van der Waals surface area contributed by atoms with Crippen LogP contribution in [0.15, 0.2) is 91.1 Å². The molecule has 1 heterocycles. The molecule has 3 N–H and O–H groups in total. The Balaban J connectivity index is 1.59. The molecule has 0 aliphatic rings. The van der Waals surface area contributed by atoms with Crippen LogP contribution in [0.4, 0.5) is 5.69 Å². The van der Waals surface area contributed by atoms with Crippen LogP contribution in [0.2, 0.25) is 0 Å². The molecule has 6 heteroatoms. The number of hydrogen-bond acceptors (Lipinski definition) is 3. The molecule has 4 aromatic rings. The number of carbonyl (C=O) groups excluding carboxylic acids is 2. The summed E-state index contributed by atoms with van der Waals surface area (Å²) in [5.41, 5.74) is 11.5. The molecule has 4 rings (SSSR count). The summed E-state index contributed by atoms with van der Waals surface area (Å²) in [6, 6.07) is 25.4. The van der Waals surface area contributed by atoms with Gasteiger partial charge in [0.05, 0.1) is 18.7 Å². The first-order valence-electron chi connectivity index (χ1n) is 11.0. The van der Waals surface area contributed by atoms with Crippen molar-refractivity contribution in [2.24, 2.45) is 5.73 Å². The fourth-order valence-electron chi connectivity index (χ4n) is 3.67. The summed E-state index contributed by atoms with van der Waals surface area (Å²) < 4.78 is 1.88. The van der Waals surface area contributed by atoms with Gasteiger partial charge in [0.15, 0.2) is 0 Å². The van der Waals surface area contributed by atoms with Gasteiger partial charge in [-0.1, -0.05) is 78.4 Å². The number of para-hydroxylation sites is 1. The van der Waals surface area contributed by atoms with Crippen LogP contribution in [0.25, 0.3) is 17.3 Å². The topological polar surface area (TPSA) is 90.0 Å². The molecule has 0 unspecified atom stereocenters. The van der Waals surface area contributed by atoms with Crippen LogP contribution in [0.1, 0.15) is 22.3 Å². The van der Waals surface area contributed by atoms with Gasteiger partial charge in [0, 0.05) is 29.1 Å². The Labute approximate surface area is 198 Å². The predicted octanol–water partition coefficient (Wildman–Crippen LogP) is 4.59. The van der Waals surface area contributed by atoms with Crippen LogP contribution in [0, 0.1) is 6.92 Å². The molecular weight excluding hydrogens is 424 g/mol. The molecule has 34 heavy (non-hydrogen) atoms. The molecule has 0 bridgehead atoms. The number of aromatic nitrogens is 2. The van der Waals surface area contributed by atoms with Gasteiger partial charge in [0.1, 0.15) is 0 Å². The third-order valence-electron chi connectivity index (χ3n) is 5.36. The summed E-state index contributed by atoms with van der Waals surface area (Å²) in [5.74, 6) is -0.756. The van der Waals surface area contributed by atoms with E-state index in [1.807, 2.05) is 60.3 Å². The number of nitrogens with zero attached hydrogens (tertiary/aromatic N) is 2. The van der Waals surface area contributed by atoms with E-state index in [2.05, 4.69) is 17.4 Å². The molecule has 0 atom stereocenters. The number of nitrogens with one attached hydrogen (secondary N) is 1. The highest BCUT2D eigenvalue weighted by atomic mass is 16.1.